The highest BCUT2D eigenvalue weighted by molar-refractivity contribution is 7.89. The minimum atomic E-state index is -3.39. The fraction of sp³-hybridized carbons (Fsp3) is 0.667. The SMILES string of the molecule is CS(=O)(=O)n1cc2c(n1)CN(C1CC(N)[C@@H](C3CC(F)=CC=C3F)N(CC3CC3)C1)C2. The zero-order chi connectivity index (χ0) is 21.9. The maximum atomic E-state index is 14.7. The van der Waals surface area contributed by atoms with E-state index >= 15 is 0 Å². The van der Waals surface area contributed by atoms with Crippen LogP contribution in [0.5, 0.6) is 0 Å². The van der Waals surface area contributed by atoms with Crippen molar-refractivity contribution < 1.29 is 17.2 Å². The fourth-order valence-corrected chi connectivity index (χ4v) is 5.94. The van der Waals surface area contributed by atoms with Gasteiger partial charge in [-0.2, -0.15) is 9.19 Å². The smallest absolute Gasteiger partial charge is 0.250 e. The average molecular weight is 454 g/mol. The Hall–Kier alpha value is -1.62. The van der Waals surface area contributed by atoms with Crippen LogP contribution in [0.25, 0.3) is 0 Å². The largest absolute Gasteiger partial charge is 0.326 e. The van der Waals surface area contributed by atoms with Crippen molar-refractivity contribution in [3.05, 3.63) is 41.3 Å². The standard InChI is InChI=1S/C21H29F2N5O2S/c1-31(29,30)28-10-14-9-26(12-20(14)25-28)16-7-19(24)21(27(11-16)8-13-2-3-13)17-6-15(22)4-5-18(17)23/h4-5,10,13,16-17,19,21H,2-3,6-9,11-12,24H2,1H3/t16?,17?,19?,21-/m1/s1. The third-order valence-electron chi connectivity index (χ3n) is 7.08. The summed E-state index contributed by atoms with van der Waals surface area (Å²) in [6.45, 7) is 2.81. The number of rotatable bonds is 5. The number of piperidine rings is 1. The van der Waals surface area contributed by atoms with Gasteiger partial charge in [0.15, 0.2) is 0 Å². The van der Waals surface area contributed by atoms with Crippen molar-refractivity contribution in [1.82, 2.24) is 19.0 Å². The van der Waals surface area contributed by atoms with E-state index in [1.807, 2.05) is 0 Å². The van der Waals surface area contributed by atoms with Gasteiger partial charge in [-0.25, -0.2) is 17.2 Å². The lowest BCUT2D eigenvalue weighted by atomic mass is 9.80. The molecule has 31 heavy (non-hydrogen) atoms. The van der Waals surface area contributed by atoms with Crippen LogP contribution in [0.3, 0.4) is 0 Å². The Morgan fingerprint density at radius 2 is 2.00 bits per heavy atom. The lowest BCUT2D eigenvalue weighted by Gasteiger charge is -2.49. The van der Waals surface area contributed by atoms with Gasteiger partial charge in [0.1, 0.15) is 11.7 Å². The van der Waals surface area contributed by atoms with Crippen molar-refractivity contribution in [2.75, 3.05) is 19.3 Å². The molecule has 2 fully saturated rings. The highest BCUT2D eigenvalue weighted by Crippen LogP contribution is 2.40. The molecule has 2 aliphatic carbocycles. The Morgan fingerprint density at radius 1 is 1.23 bits per heavy atom. The summed E-state index contributed by atoms with van der Waals surface area (Å²) >= 11 is 0. The third-order valence-corrected chi connectivity index (χ3v) is 7.95. The van der Waals surface area contributed by atoms with Crippen LogP contribution in [0.15, 0.2) is 30.0 Å². The van der Waals surface area contributed by atoms with Crippen LogP contribution in [0.2, 0.25) is 0 Å². The van der Waals surface area contributed by atoms with Gasteiger partial charge in [0.25, 0.3) is 10.0 Å². The van der Waals surface area contributed by atoms with Gasteiger partial charge in [-0.3, -0.25) is 9.80 Å². The average Bonchev–Trinajstić information content (AvgIpc) is 3.25. The lowest BCUT2D eigenvalue weighted by Crippen LogP contribution is -2.62. The molecule has 4 aliphatic rings. The summed E-state index contributed by atoms with van der Waals surface area (Å²) in [6.07, 6.45) is 8.31. The van der Waals surface area contributed by atoms with E-state index in [1.54, 1.807) is 6.20 Å². The van der Waals surface area contributed by atoms with E-state index in [9.17, 15) is 17.2 Å². The van der Waals surface area contributed by atoms with E-state index in [-0.39, 0.29) is 36.2 Å². The third kappa shape index (κ3) is 4.22. The maximum Gasteiger partial charge on any atom is 0.250 e. The topological polar surface area (TPSA) is 84.5 Å². The quantitative estimate of drug-likeness (QED) is 0.733. The fourth-order valence-electron chi connectivity index (χ4n) is 5.37. The van der Waals surface area contributed by atoms with Gasteiger partial charge in [0.05, 0.1) is 11.9 Å². The normalized spacial score (nSPS) is 32.6. The van der Waals surface area contributed by atoms with Gasteiger partial charge in [0, 0.05) is 68.4 Å². The van der Waals surface area contributed by atoms with Gasteiger partial charge in [-0.05, 0) is 37.3 Å². The molecule has 1 saturated heterocycles. The number of aromatic nitrogens is 2. The molecule has 3 unspecified atom stereocenters. The Kier molecular flexibility index (Phi) is 5.31. The second kappa shape index (κ2) is 7.75. The molecular weight excluding hydrogens is 424 g/mol. The summed E-state index contributed by atoms with van der Waals surface area (Å²) < 4.78 is 53.2. The first-order chi connectivity index (χ1) is 14.7. The van der Waals surface area contributed by atoms with Crippen LogP contribution in [0, 0.1) is 11.8 Å². The van der Waals surface area contributed by atoms with E-state index < -0.39 is 15.9 Å². The number of nitrogens with zero attached hydrogens (tertiary/aromatic N) is 4. The van der Waals surface area contributed by atoms with Crippen molar-refractivity contribution in [3.63, 3.8) is 0 Å². The van der Waals surface area contributed by atoms with E-state index in [1.165, 1.54) is 25.0 Å². The summed E-state index contributed by atoms with van der Waals surface area (Å²) in [4.78, 5) is 4.58. The second-order valence-corrected chi connectivity index (χ2v) is 11.4. The number of halogens is 2. The summed E-state index contributed by atoms with van der Waals surface area (Å²) in [7, 11) is -3.39. The molecule has 0 aromatic carbocycles. The first kappa shape index (κ1) is 21.2. The summed E-state index contributed by atoms with van der Waals surface area (Å²) in [5, 5.41) is 4.25. The zero-order valence-corrected chi connectivity index (χ0v) is 18.4. The van der Waals surface area contributed by atoms with Crippen molar-refractivity contribution in [2.45, 2.75) is 56.9 Å². The minimum absolute atomic E-state index is 0.0707. The molecule has 7 nitrogen and oxygen atoms in total. The highest BCUT2D eigenvalue weighted by atomic mass is 32.2. The van der Waals surface area contributed by atoms with E-state index in [0.717, 1.165) is 34.7 Å². The van der Waals surface area contributed by atoms with Crippen LogP contribution in [0.4, 0.5) is 8.78 Å². The lowest BCUT2D eigenvalue weighted by molar-refractivity contribution is 0.0172. The molecule has 1 aromatic rings. The van der Waals surface area contributed by atoms with Gasteiger partial charge < -0.3 is 5.73 Å². The molecule has 1 aromatic heterocycles. The molecule has 3 heterocycles. The summed E-state index contributed by atoms with van der Waals surface area (Å²) in [5.41, 5.74) is 8.32. The van der Waals surface area contributed by atoms with Crippen LogP contribution in [-0.4, -0.2) is 64.9 Å². The molecule has 4 atom stereocenters. The molecule has 2 aliphatic heterocycles. The monoisotopic (exact) mass is 453 g/mol. The minimum Gasteiger partial charge on any atom is -0.326 e. The number of allylic oxidation sites excluding steroid dienone is 3. The molecule has 0 bridgehead atoms. The van der Waals surface area contributed by atoms with E-state index in [2.05, 4.69) is 14.9 Å². The van der Waals surface area contributed by atoms with Crippen molar-refractivity contribution in [2.24, 2.45) is 17.6 Å². The first-order valence-electron chi connectivity index (χ1n) is 10.9. The summed E-state index contributed by atoms with van der Waals surface area (Å²) in [6, 6.07) is -0.315. The van der Waals surface area contributed by atoms with Gasteiger partial charge in [-0.15, -0.1) is 0 Å². The Labute approximate surface area is 181 Å². The number of hydrogen-bond acceptors (Lipinski definition) is 6. The Morgan fingerprint density at radius 3 is 2.68 bits per heavy atom. The Bertz CT molecular complexity index is 1010. The molecule has 1 saturated carbocycles. The number of likely N-dealkylation sites (tertiary alicyclic amines) is 1. The first-order valence-corrected chi connectivity index (χ1v) is 12.8. The maximum absolute atomic E-state index is 14.7. The van der Waals surface area contributed by atoms with Gasteiger partial charge >= 0.3 is 0 Å². The van der Waals surface area contributed by atoms with Gasteiger partial charge in [0.2, 0.25) is 0 Å². The second-order valence-electron chi connectivity index (χ2n) is 9.56. The molecule has 10 heteroatoms. The van der Waals surface area contributed by atoms with Crippen LogP contribution in [0.1, 0.15) is 36.9 Å². The van der Waals surface area contributed by atoms with Crippen LogP contribution in [-0.2, 0) is 23.1 Å². The molecular formula is C21H29F2N5O2S. The predicted molar refractivity (Wildman–Crippen MR) is 113 cm³/mol. The zero-order valence-electron chi connectivity index (χ0n) is 17.6. The number of hydrogen-bond donors (Lipinski definition) is 1. The van der Waals surface area contributed by atoms with Crippen LogP contribution >= 0.6 is 0 Å². The molecule has 2 N–H and O–H groups in total. The highest BCUT2D eigenvalue weighted by Gasteiger charge is 2.45. The molecule has 0 radical (unpaired) electrons. The van der Waals surface area contributed by atoms with Crippen LogP contribution < -0.4 is 5.73 Å². The number of fused-ring (bicyclic) bond motifs is 1. The van der Waals surface area contributed by atoms with Crippen molar-refractivity contribution >= 4 is 10.0 Å². The van der Waals surface area contributed by atoms with Crippen molar-refractivity contribution in [1.29, 1.82) is 0 Å². The van der Waals surface area contributed by atoms with E-state index in [0.29, 0.717) is 25.4 Å². The number of nitrogens with two attached hydrogens (primary N) is 1. The molecule has 0 amide bonds. The van der Waals surface area contributed by atoms with E-state index in [4.69, 9.17) is 5.73 Å². The van der Waals surface area contributed by atoms with Gasteiger partial charge in [-0.1, -0.05) is 0 Å². The molecule has 5 rings (SSSR count). The summed E-state index contributed by atoms with van der Waals surface area (Å²) in [5.74, 6) is -0.497. The Balaban J connectivity index is 1.33. The molecule has 170 valence electrons. The molecule has 0 spiro atoms. The predicted octanol–water partition coefficient (Wildman–Crippen LogP) is 1.91. The van der Waals surface area contributed by atoms with Crippen molar-refractivity contribution in [3.8, 4) is 0 Å².